The molecule has 124 valence electrons. The zero-order chi connectivity index (χ0) is 17.1. The van der Waals surface area contributed by atoms with Crippen LogP contribution < -0.4 is 9.47 Å². The maximum absolute atomic E-state index is 12.5. The van der Waals surface area contributed by atoms with Crippen molar-refractivity contribution in [3.63, 3.8) is 0 Å². The Labute approximate surface area is 146 Å². The zero-order valence-electron chi connectivity index (χ0n) is 14.0. The van der Waals surface area contributed by atoms with E-state index in [-0.39, 0.29) is 11.9 Å². The van der Waals surface area contributed by atoms with Gasteiger partial charge in [0.25, 0.3) is 0 Å². The summed E-state index contributed by atoms with van der Waals surface area (Å²) >= 11 is 1.51. The quantitative estimate of drug-likeness (QED) is 0.701. The first-order chi connectivity index (χ1) is 11.6. The lowest BCUT2D eigenvalue weighted by Crippen LogP contribution is -2.10. The van der Waals surface area contributed by atoms with Crippen LogP contribution in [0.5, 0.6) is 11.5 Å². The number of fused-ring (bicyclic) bond motifs is 1. The van der Waals surface area contributed by atoms with Gasteiger partial charge >= 0.3 is 0 Å². The molecule has 0 bridgehead atoms. The van der Waals surface area contributed by atoms with Crippen molar-refractivity contribution in [2.45, 2.75) is 31.3 Å². The highest BCUT2D eigenvalue weighted by molar-refractivity contribution is 8.04. The van der Waals surface area contributed by atoms with Gasteiger partial charge in [-0.1, -0.05) is 36.9 Å². The van der Waals surface area contributed by atoms with E-state index in [1.165, 1.54) is 11.8 Å². The SMILES string of the molecule is CC[C@H](C)Oc1ccc(/C=C2/Sc3ccccc3C2=O)cc1OC. The average Bonchev–Trinajstić information content (AvgIpc) is 2.92. The van der Waals surface area contributed by atoms with Crippen molar-refractivity contribution in [1.29, 1.82) is 0 Å². The second-order valence-electron chi connectivity index (χ2n) is 5.68. The predicted molar refractivity (Wildman–Crippen MR) is 98.0 cm³/mol. The van der Waals surface area contributed by atoms with Crippen LogP contribution in [-0.4, -0.2) is 19.0 Å². The van der Waals surface area contributed by atoms with Crippen LogP contribution in [0, 0.1) is 0 Å². The average molecular weight is 340 g/mol. The van der Waals surface area contributed by atoms with E-state index in [2.05, 4.69) is 6.92 Å². The molecule has 2 aromatic carbocycles. The molecule has 0 aliphatic carbocycles. The molecule has 3 nitrogen and oxygen atoms in total. The third-order valence-corrected chi connectivity index (χ3v) is 5.06. The molecule has 0 saturated heterocycles. The molecule has 0 aromatic heterocycles. The second kappa shape index (κ2) is 7.14. The van der Waals surface area contributed by atoms with E-state index >= 15 is 0 Å². The molecule has 0 fully saturated rings. The van der Waals surface area contributed by atoms with Crippen LogP contribution in [0.1, 0.15) is 36.2 Å². The number of carbonyl (C=O) groups excluding carboxylic acids is 1. The number of rotatable bonds is 5. The van der Waals surface area contributed by atoms with E-state index in [0.717, 1.165) is 33.1 Å². The van der Waals surface area contributed by atoms with Crippen molar-refractivity contribution >= 4 is 23.6 Å². The van der Waals surface area contributed by atoms with Gasteiger partial charge in [-0.3, -0.25) is 4.79 Å². The van der Waals surface area contributed by atoms with Crippen molar-refractivity contribution in [1.82, 2.24) is 0 Å². The summed E-state index contributed by atoms with van der Waals surface area (Å²) in [6.07, 6.45) is 2.96. The van der Waals surface area contributed by atoms with Crippen molar-refractivity contribution in [3.05, 3.63) is 58.5 Å². The van der Waals surface area contributed by atoms with Crippen LogP contribution in [0.25, 0.3) is 6.08 Å². The molecule has 0 radical (unpaired) electrons. The van der Waals surface area contributed by atoms with Crippen LogP contribution in [0.4, 0.5) is 0 Å². The Kier molecular flexibility index (Phi) is 4.95. The number of ketones is 1. The third-order valence-electron chi connectivity index (χ3n) is 3.96. The van der Waals surface area contributed by atoms with Gasteiger partial charge in [-0.2, -0.15) is 0 Å². The molecule has 2 aromatic rings. The van der Waals surface area contributed by atoms with E-state index < -0.39 is 0 Å². The van der Waals surface area contributed by atoms with Crippen LogP contribution in [0.3, 0.4) is 0 Å². The Morgan fingerprint density at radius 2 is 1.96 bits per heavy atom. The van der Waals surface area contributed by atoms with Gasteiger partial charge in [0.05, 0.1) is 18.1 Å². The van der Waals surface area contributed by atoms with Gasteiger partial charge in [-0.25, -0.2) is 0 Å². The lowest BCUT2D eigenvalue weighted by atomic mass is 10.1. The van der Waals surface area contributed by atoms with Gasteiger partial charge < -0.3 is 9.47 Å². The number of ether oxygens (including phenoxy) is 2. The molecular formula is C20H20O3S. The number of allylic oxidation sites excluding steroid dienone is 1. The summed E-state index contributed by atoms with van der Waals surface area (Å²) < 4.78 is 11.3. The van der Waals surface area contributed by atoms with Crippen LogP contribution >= 0.6 is 11.8 Å². The highest BCUT2D eigenvalue weighted by Gasteiger charge is 2.25. The van der Waals surface area contributed by atoms with Crippen LogP contribution in [0.15, 0.2) is 52.3 Å². The minimum Gasteiger partial charge on any atom is -0.493 e. The largest absolute Gasteiger partial charge is 0.493 e. The lowest BCUT2D eigenvalue weighted by molar-refractivity contribution is 0.104. The standard InChI is InChI=1S/C20H20O3S/c1-4-13(2)23-16-10-9-14(11-17(16)22-3)12-19-20(21)15-7-5-6-8-18(15)24-19/h5-13H,4H2,1-3H3/b19-12+/t13-/m0/s1. The summed E-state index contributed by atoms with van der Waals surface area (Å²) in [5, 5.41) is 0. The fourth-order valence-electron chi connectivity index (χ4n) is 2.46. The third kappa shape index (κ3) is 3.34. The molecule has 0 N–H and O–H groups in total. The number of carbonyl (C=O) groups is 1. The number of hydrogen-bond donors (Lipinski definition) is 0. The number of methoxy groups -OCH3 is 1. The maximum atomic E-state index is 12.5. The van der Waals surface area contributed by atoms with Gasteiger partial charge in [0, 0.05) is 10.5 Å². The Hall–Kier alpha value is -2.20. The highest BCUT2D eigenvalue weighted by atomic mass is 32.2. The van der Waals surface area contributed by atoms with E-state index in [1.807, 2.05) is 55.5 Å². The highest BCUT2D eigenvalue weighted by Crippen LogP contribution is 2.41. The van der Waals surface area contributed by atoms with Gasteiger partial charge in [0.2, 0.25) is 5.78 Å². The van der Waals surface area contributed by atoms with Crippen molar-refractivity contribution in [3.8, 4) is 11.5 Å². The summed E-state index contributed by atoms with van der Waals surface area (Å²) in [6, 6.07) is 13.4. The summed E-state index contributed by atoms with van der Waals surface area (Å²) in [6.45, 7) is 4.11. The Morgan fingerprint density at radius 3 is 2.67 bits per heavy atom. The molecule has 4 heteroatoms. The molecule has 1 atom stereocenters. The van der Waals surface area contributed by atoms with Gasteiger partial charge in [0.15, 0.2) is 11.5 Å². The molecule has 0 unspecified atom stereocenters. The van der Waals surface area contributed by atoms with Gasteiger partial charge in [-0.15, -0.1) is 0 Å². The molecule has 1 aliphatic rings. The minimum atomic E-state index is 0.0782. The van der Waals surface area contributed by atoms with Crippen molar-refractivity contribution < 1.29 is 14.3 Å². The van der Waals surface area contributed by atoms with Crippen molar-refractivity contribution in [2.24, 2.45) is 0 Å². The van der Waals surface area contributed by atoms with Crippen LogP contribution in [-0.2, 0) is 0 Å². The molecular weight excluding hydrogens is 320 g/mol. The lowest BCUT2D eigenvalue weighted by Gasteiger charge is -2.15. The summed E-state index contributed by atoms with van der Waals surface area (Å²) in [5.41, 5.74) is 1.70. The normalized spacial score (nSPS) is 16.1. The second-order valence-corrected chi connectivity index (χ2v) is 6.77. The van der Waals surface area contributed by atoms with E-state index in [1.54, 1.807) is 7.11 Å². The molecule has 1 heterocycles. The Balaban J connectivity index is 1.87. The smallest absolute Gasteiger partial charge is 0.200 e. The topological polar surface area (TPSA) is 35.5 Å². The monoisotopic (exact) mass is 340 g/mol. The minimum absolute atomic E-state index is 0.0782. The Morgan fingerprint density at radius 1 is 1.17 bits per heavy atom. The summed E-state index contributed by atoms with van der Waals surface area (Å²) in [7, 11) is 1.63. The molecule has 3 rings (SSSR count). The summed E-state index contributed by atoms with van der Waals surface area (Å²) in [4.78, 5) is 14.2. The number of benzene rings is 2. The van der Waals surface area contributed by atoms with E-state index in [9.17, 15) is 4.79 Å². The van der Waals surface area contributed by atoms with Crippen LogP contribution in [0.2, 0.25) is 0 Å². The van der Waals surface area contributed by atoms with Crippen molar-refractivity contribution in [2.75, 3.05) is 7.11 Å². The maximum Gasteiger partial charge on any atom is 0.200 e. The first-order valence-electron chi connectivity index (χ1n) is 8.00. The first-order valence-corrected chi connectivity index (χ1v) is 8.82. The van der Waals surface area contributed by atoms with Gasteiger partial charge in [0.1, 0.15) is 0 Å². The molecule has 24 heavy (non-hydrogen) atoms. The fourth-order valence-corrected chi connectivity index (χ4v) is 3.51. The predicted octanol–water partition coefficient (Wildman–Crippen LogP) is 5.20. The molecule has 0 saturated carbocycles. The zero-order valence-corrected chi connectivity index (χ0v) is 14.9. The first kappa shape index (κ1) is 16.7. The van der Waals surface area contributed by atoms with E-state index in [0.29, 0.717) is 5.75 Å². The number of Topliss-reactive ketones (excluding diaryl/α,β-unsaturated/α-hetero) is 1. The van der Waals surface area contributed by atoms with Gasteiger partial charge in [-0.05, 0) is 49.2 Å². The number of hydrogen-bond acceptors (Lipinski definition) is 4. The Bertz CT molecular complexity index is 795. The molecule has 1 aliphatic heterocycles. The van der Waals surface area contributed by atoms with E-state index in [4.69, 9.17) is 9.47 Å². The fraction of sp³-hybridized carbons (Fsp3) is 0.250. The summed E-state index contributed by atoms with van der Waals surface area (Å²) in [5.74, 6) is 1.48. The molecule has 0 amide bonds. The molecule has 0 spiro atoms. The number of thioether (sulfide) groups is 1.